The summed E-state index contributed by atoms with van der Waals surface area (Å²) in [4.78, 5) is 12.0. The van der Waals surface area contributed by atoms with E-state index in [4.69, 9.17) is 0 Å². The number of carbonyl (C=O) groups is 1. The fraction of sp³-hybridized carbons (Fsp3) is 0.562. The van der Waals surface area contributed by atoms with Crippen LogP contribution in [-0.4, -0.2) is 19.1 Å². The van der Waals surface area contributed by atoms with Crippen LogP contribution in [0.1, 0.15) is 44.7 Å². The molecule has 1 aromatic rings. The van der Waals surface area contributed by atoms with E-state index in [1.165, 1.54) is 18.4 Å². The molecule has 0 radical (unpaired) electrons. The van der Waals surface area contributed by atoms with E-state index in [2.05, 4.69) is 35.9 Å². The van der Waals surface area contributed by atoms with Gasteiger partial charge in [0.05, 0.1) is 0 Å². The number of hydrogen-bond donors (Lipinski definition) is 3. The molecular formula is C16H25N3O. The van der Waals surface area contributed by atoms with Gasteiger partial charge < -0.3 is 16.0 Å². The average molecular weight is 275 g/mol. The lowest BCUT2D eigenvalue weighted by molar-refractivity contribution is 0.246. The number of urea groups is 1. The van der Waals surface area contributed by atoms with Crippen molar-refractivity contribution in [2.75, 3.05) is 12.4 Å². The Morgan fingerprint density at radius 3 is 2.80 bits per heavy atom. The summed E-state index contributed by atoms with van der Waals surface area (Å²) in [6.07, 6.45) is 3.51. The molecule has 1 aliphatic rings. The zero-order valence-electron chi connectivity index (χ0n) is 12.6. The number of benzene rings is 1. The number of hydrogen-bond acceptors (Lipinski definition) is 2. The molecule has 1 aromatic carbocycles. The molecule has 0 heterocycles. The van der Waals surface area contributed by atoms with Crippen molar-refractivity contribution in [3.8, 4) is 0 Å². The minimum atomic E-state index is -0.0991. The molecule has 4 nitrogen and oxygen atoms in total. The summed E-state index contributed by atoms with van der Waals surface area (Å²) in [6.45, 7) is 4.30. The van der Waals surface area contributed by atoms with Crippen molar-refractivity contribution < 1.29 is 4.79 Å². The molecule has 3 unspecified atom stereocenters. The molecule has 20 heavy (non-hydrogen) atoms. The highest BCUT2D eigenvalue weighted by molar-refractivity contribution is 5.89. The fourth-order valence-electron chi connectivity index (χ4n) is 2.75. The van der Waals surface area contributed by atoms with Gasteiger partial charge in [-0.2, -0.15) is 0 Å². The number of carbonyl (C=O) groups excluding carboxylic acids is 1. The Kier molecular flexibility index (Phi) is 5.01. The van der Waals surface area contributed by atoms with Crippen molar-refractivity contribution in [2.45, 2.75) is 45.2 Å². The summed E-state index contributed by atoms with van der Waals surface area (Å²) in [5, 5.41) is 9.20. The summed E-state index contributed by atoms with van der Waals surface area (Å²) < 4.78 is 0. The quantitative estimate of drug-likeness (QED) is 0.790. The van der Waals surface area contributed by atoms with Crippen LogP contribution in [0.15, 0.2) is 24.3 Å². The number of rotatable bonds is 4. The molecule has 0 bridgehead atoms. The van der Waals surface area contributed by atoms with Gasteiger partial charge in [-0.1, -0.05) is 25.5 Å². The van der Waals surface area contributed by atoms with Gasteiger partial charge >= 0.3 is 6.03 Å². The van der Waals surface area contributed by atoms with Gasteiger partial charge in [0.1, 0.15) is 0 Å². The number of nitrogens with one attached hydrogen (secondary N) is 3. The van der Waals surface area contributed by atoms with Gasteiger partial charge in [-0.15, -0.1) is 0 Å². The van der Waals surface area contributed by atoms with Gasteiger partial charge in [0.15, 0.2) is 0 Å². The van der Waals surface area contributed by atoms with E-state index in [-0.39, 0.29) is 12.1 Å². The maximum absolute atomic E-state index is 12.0. The highest BCUT2D eigenvalue weighted by atomic mass is 16.2. The van der Waals surface area contributed by atoms with Crippen LogP contribution < -0.4 is 16.0 Å². The first-order valence-corrected chi connectivity index (χ1v) is 7.45. The first-order chi connectivity index (χ1) is 9.60. The Hall–Kier alpha value is -1.55. The van der Waals surface area contributed by atoms with E-state index in [9.17, 15) is 4.79 Å². The summed E-state index contributed by atoms with van der Waals surface area (Å²) >= 11 is 0. The lowest BCUT2D eigenvalue weighted by Crippen LogP contribution is -2.39. The normalized spacial score (nSPS) is 23.4. The van der Waals surface area contributed by atoms with Crippen molar-refractivity contribution in [1.82, 2.24) is 10.6 Å². The first-order valence-electron chi connectivity index (χ1n) is 7.45. The van der Waals surface area contributed by atoms with Gasteiger partial charge in [0.2, 0.25) is 0 Å². The van der Waals surface area contributed by atoms with E-state index in [0.717, 1.165) is 12.1 Å². The zero-order chi connectivity index (χ0) is 14.5. The molecule has 1 aliphatic carbocycles. The van der Waals surface area contributed by atoms with E-state index < -0.39 is 0 Å². The van der Waals surface area contributed by atoms with Gasteiger partial charge in [-0.05, 0) is 50.4 Å². The second-order valence-electron chi connectivity index (χ2n) is 5.75. The summed E-state index contributed by atoms with van der Waals surface area (Å²) in [5.41, 5.74) is 2.01. The van der Waals surface area contributed by atoms with Crippen LogP contribution in [0.25, 0.3) is 0 Å². The summed E-state index contributed by atoms with van der Waals surface area (Å²) in [7, 11) is 1.93. The van der Waals surface area contributed by atoms with Gasteiger partial charge in [0.25, 0.3) is 0 Å². The second kappa shape index (κ2) is 6.75. The standard InChI is InChI=1S/C16H25N3O/c1-11-6-4-9-15(11)19-16(20)18-14-8-5-7-13(10-14)12(2)17-3/h5,7-8,10-12,15,17H,4,6,9H2,1-3H3,(H2,18,19,20). The zero-order valence-corrected chi connectivity index (χ0v) is 12.6. The van der Waals surface area contributed by atoms with Gasteiger partial charge in [-0.25, -0.2) is 4.79 Å². The van der Waals surface area contributed by atoms with Crippen LogP contribution in [0.4, 0.5) is 10.5 Å². The Morgan fingerprint density at radius 2 is 2.15 bits per heavy atom. The highest BCUT2D eigenvalue weighted by Gasteiger charge is 2.24. The Bertz CT molecular complexity index is 461. The van der Waals surface area contributed by atoms with Crippen LogP contribution in [0.2, 0.25) is 0 Å². The Labute approximate surface area is 121 Å². The topological polar surface area (TPSA) is 53.2 Å². The fourth-order valence-corrected chi connectivity index (χ4v) is 2.75. The van der Waals surface area contributed by atoms with E-state index in [0.29, 0.717) is 12.0 Å². The number of anilines is 1. The molecule has 0 aromatic heterocycles. The van der Waals surface area contributed by atoms with Gasteiger partial charge in [-0.3, -0.25) is 0 Å². The lowest BCUT2D eigenvalue weighted by Gasteiger charge is -2.18. The van der Waals surface area contributed by atoms with Crippen molar-refractivity contribution >= 4 is 11.7 Å². The summed E-state index contributed by atoms with van der Waals surface area (Å²) in [5.74, 6) is 0.580. The first kappa shape index (κ1) is 14.9. The van der Waals surface area contributed by atoms with Crippen molar-refractivity contribution in [1.29, 1.82) is 0 Å². The Morgan fingerprint density at radius 1 is 1.35 bits per heavy atom. The third kappa shape index (κ3) is 3.73. The molecule has 2 amide bonds. The van der Waals surface area contributed by atoms with Crippen molar-refractivity contribution in [2.24, 2.45) is 5.92 Å². The largest absolute Gasteiger partial charge is 0.335 e. The molecule has 0 saturated heterocycles. The monoisotopic (exact) mass is 275 g/mol. The smallest absolute Gasteiger partial charge is 0.319 e. The maximum atomic E-state index is 12.0. The molecule has 0 aliphatic heterocycles. The molecule has 0 spiro atoms. The lowest BCUT2D eigenvalue weighted by atomic mass is 10.1. The molecule has 3 N–H and O–H groups in total. The molecule has 110 valence electrons. The van der Waals surface area contributed by atoms with E-state index in [1.54, 1.807) is 0 Å². The second-order valence-corrected chi connectivity index (χ2v) is 5.75. The van der Waals surface area contributed by atoms with Crippen LogP contribution >= 0.6 is 0 Å². The molecular weight excluding hydrogens is 250 g/mol. The molecule has 1 saturated carbocycles. The maximum Gasteiger partial charge on any atom is 0.319 e. The third-order valence-electron chi connectivity index (χ3n) is 4.26. The van der Waals surface area contributed by atoms with Crippen LogP contribution in [0.5, 0.6) is 0 Å². The summed E-state index contributed by atoms with van der Waals surface area (Å²) in [6, 6.07) is 8.45. The van der Waals surface area contributed by atoms with Crippen molar-refractivity contribution in [3.63, 3.8) is 0 Å². The molecule has 4 heteroatoms. The van der Waals surface area contributed by atoms with Crippen molar-refractivity contribution in [3.05, 3.63) is 29.8 Å². The van der Waals surface area contributed by atoms with Crippen LogP contribution in [0, 0.1) is 5.92 Å². The minimum absolute atomic E-state index is 0.0991. The van der Waals surface area contributed by atoms with Gasteiger partial charge in [0, 0.05) is 17.8 Å². The SMILES string of the molecule is CNC(C)c1cccc(NC(=O)NC2CCCC2C)c1. The van der Waals surface area contributed by atoms with Crippen LogP contribution in [-0.2, 0) is 0 Å². The molecule has 2 rings (SSSR count). The average Bonchev–Trinajstić information content (AvgIpc) is 2.83. The highest BCUT2D eigenvalue weighted by Crippen LogP contribution is 2.25. The number of amides is 2. The minimum Gasteiger partial charge on any atom is -0.335 e. The van der Waals surface area contributed by atoms with E-state index >= 15 is 0 Å². The van der Waals surface area contributed by atoms with Crippen LogP contribution in [0.3, 0.4) is 0 Å². The predicted molar refractivity (Wildman–Crippen MR) is 82.9 cm³/mol. The molecule has 3 atom stereocenters. The third-order valence-corrected chi connectivity index (χ3v) is 4.26. The Balaban J connectivity index is 1.93. The molecule has 1 fully saturated rings. The van der Waals surface area contributed by atoms with E-state index in [1.807, 2.05) is 25.2 Å². The predicted octanol–water partition coefficient (Wildman–Crippen LogP) is 3.28.